The zero-order valence-corrected chi connectivity index (χ0v) is 10.1. The molecule has 2 rings (SSSR count). The molecule has 6 N–H and O–H groups in total. The molecule has 0 saturated heterocycles. The minimum absolute atomic E-state index is 0.0319. The van der Waals surface area contributed by atoms with Crippen LogP contribution in [0.1, 0.15) is 5.56 Å². The average Bonchev–Trinajstić information content (AvgIpc) is 2.28. The molecular weight excluding hydrogens is 256 g/mol. The maximum absolute atomic E-state index is 11.2. The van der Waals surface area contributed by atoms with Crippen molar-refractivity contribution in [1.82, 2.24) is 0 Å². The van der Waals surface area contributed by atoms with Gasteiger partial charge in [0.2, 0.25) is 0 Å². The van der Waals surface area contributed by atoms with E-state index in [0.29, 0.717) is 16.5 Å². The Morgan fingerprint density at radius 1 is 1.22 bits per heavy atom. The topological polar surface area (TPSA) is 127 Å². The van der Waals surface area contributed by atoms with Gasteiger partial charge in [0.15, 0.2) is 0 Å². The highest BCUT2D eigenvalue weighted by Crippen LogP contribution is 2.34. The van der Waals surface area contributed by atoms with Gasteiger partial charge in [-0.05, 0) is 23.6 Å². The lowest BCUT2D eigenvalue weighted by atomic mass is 10.0. The molecule has 0 radical (unpaired) electrons. The molecule has 0 spiro atoms. The SMILES string of the molecule is NCc1c(S(=O)(=O)O)cc2ccc(N)cc2c1O. The van der Waals surface area contributed by atoms with Gasteiger partial charge >= 0.3 is 0 Å². The largest absolute Gasteiger partial charge is 0.507 e. The summed E-state index contributed by atoms with van der Waals surface area (Å²) in [4.78, 5) is -0.389. The normalized spacial score (nSPS) is 11.9. The highest BCUT2D eigenvalue weighted by molar-refractivity contribution is 7.85. The molecule has 0 aliphatic heterocycles. The van der Waals surface area contributed by atoms with Gasteiger partial charge in [0.1, 0.15) is 10.6 Å². The number of anilines is 1. The van der Waals surface area contributed by atoms with Crippen LogP contribution < -0.4 is 11.5 Å². The Hall–Kier alpha value is -1.83. The number of hydrogen-bond donors (Lipinski definition) is 4. The Labute approximate surface area is 104 Å². The number of benzene rings is 2. The zero-order chi connectivity index (χ0) is 13.5. The Morgan fingerprint density at radius 3 is 2.44 bits per heavy atom. The Bertz CT molecular complexity index is 725. The van der Waals surface area contributed by atoms with Gasteiger partial charge in [0, 0.05) is 23.2 Å². The van der Waals surface area contributed by atoms with E-state index in [0.717, 1.165) is 0 Å². The summed E-state index contributed by atoms with van der Waals surface area (Å²) in [6.45, 7) is -0.217. The molecule has 96 valence electrons. The van der Waals surface area contributed by atoms with Crippen molar-refractivity contribution in [1.29, 1.82) is 0 Å². The molecule has 0 aliphatic rings. The molecule has 0 atom stereocenters. The summed E-state index contributed by atoms with van der Waals surface area (Å²) in [5.41, 5.74) is 11.4. The first-order valence-corrected chi connectivity index (χ1v) is 6.50. The Morgan fingerprint density at radius 2 is 1.89 bits per heavy atom. The first-order chi connectivity index (χ1) is 8.34. The lowest BCUT2D eigenvalue weighted by molar-refractivity contribution is 0.463. The number of phenolic OH excluding ortho intramolecular Hbond substituents is 1. The van der Waals surface area contributed by atoms with Crippen LogP contribution in [0.5, 0.6) is 5.75 Å². The third-order valence-corrected chi connectivity index (χ3v) is 3.60. The van der Waals surface area contributed by atoms with Crippen LogP contribution in [-0.2, 0) is 16.7 Å². The number of nitrogen functional groups attached to an aromatic ring is 1. The molecule has 0 saturated carbocycles. The van der Waals surface area contributed by atoms with Crippen molar-refractivity contribution < 1.29 is 18.1 Å². The van der Waals surface area contributed by atoms with Crippen LogP contribution in [0.2, 0.25) is 0 Å². The summed E-state index contributed by atoms with van der Waals surface area (Å²) in [6, 6.07) is 5.89. The molecule has 0 fully saturated rings. The summed E-state index contributed by atoms with van der Waals surface area (Å²) >= 11 is 0. The summed E-state index contributed by atoms with van der Waals surface area (Å²) in [6.07, 6.45) is 0. The fourth-order valence-corrected chi connectivity index (χ4v) is 2.61. The first-order valence-electron chi connectivity index (χ1n) is 5.06. The zero-order valence-electron chi connectivity index (χ0n) is 9.29. The number of nitrogens with two attached hydrogens (primary N) is 2. The maximum Gasteiger partial charge on any atom is 0.295 e. The van der Waals surface area contributed by atoms with Gasteiger partial charge in [0.05, 0.1) is 0 Å². The van der Waals surface area contributed by atoms with Crippen LogP contribution in [0.15, 0.2) is 29.2 Å². The molecule has 18 heavy (non-hydrogen) atoms. The number of phenols is 1. The van der Waals surface area contributed by atoms with Crippen molar-refractivity contribution in [2.24, 2.45) is 5.73 Å². The summed E-state index contributed by atoms with van der Waals surface area (Å²) in [5, 5.41) is 10.8. The van der Waals surface area contributed by atoms with Gasteiger partial charge in [-0.1, -0.05) is 6.07 Å². The van der Waals surface area contributed by atoms with E-state index in [4.69, 9.17) is 16.0 Å². The molecule has 0 unspecified atom stereocenters. The molecule has 0 aromatic heterocycles. The predicted molar refractivity (Wildman–Crippen MR) is 67.7 cm³/mol. The molecule has 2 aromatic rings. The van der Waals surface area contributed by atoms with E-state index >= 15 is 0 Å². The second-order valence-corrected chi connectivity index (χ2v) is 5.25. The van der Waals surface area contributed by atoms with Gasteiger partial charge in [-0.3, -0.25) is 4.55 Å². The smallest absolute Gasteiger partial charge is 0.295 e. The van der Waals surface area contributed by atoms with E-state index in [2.05, 4.69) is 0 Å². The Kier molecular flexibility index (Phi) is 2.89. The highest BCUT2D eigenvalue weighted by Gasteiger charge is 2.20. The van der Waals surface area contributed by atoms with Crippen molar-refractivity contribution in [3.63, 3.8) is 0 Å². The number of fused-ring (bicyclic) bond motifs is 1. The fourth-order valence-electron chi connectivity index (χ4n) is 1.84. The Balaban J connectivity index is 2.95. The number of hydrogen-bond acceptors (Lipinski definition) is 5. The third kappa shape index (κ3) is 1.99. The highest BCUT2D eigenvalue weighted by atomic mass is 32.2. The molecular formula is C11H12N2O4S. The van der Waals surface area contributed by atoms with Crippen LogP contribution in [0.3, 0.4) is 0 Å². The lowest BCUT2D eigenvalue weighted by Gasteiger charge is -2.11. The fraction of sp³-hybridized carbons (Fsp3) is 0.0909. The van der Waals surface area contributed by atoms with Crippen LogP contribution >= 0.6 is 0 Å². The molecule has 2 aromatic carbocycles. The van der Waals surface area contributed by atoms with Crippen LogP contribution in [-0.4, -0.2) is 18.1 Å². The summed E-state index contributed by atoms with van der Waals surface area (Å²) in [5.74, 6) is -0.282. The van der Waals surface area contributed by atoms with Gasteiger partial charge in [-0.25, -0.2) is 0 Å². The minimum Gasteiger partial charge on any atom is -0.507 e. The number of aromatic hydroxyl groups is 1. The molecule has 0 aliphatic carbocycles. The monoisotopic (exact) mass is 268 g/mol. The third-order valence-electron chi connectivity index (χ3n) is 2.68. The molecule has 0 amide bonds. The minimum atomic E-state index is -4.44. The number of rotatable bonds is 2. The van der Waals surface area contributed by atoms with E-state index < -0.39 is 10.1 Å². The second-order valence-electron chi connectivity index (χ2n) is 3.86. The van der Waals surface area contributed by atoms with Crippen LogP contribution in [0.4, 0.5) is 5.69 Å². The molecule has 0 bridgehead atoms. The lowest BCUT2D eigenvalue weighted by Crippen LogP contribution is -2.08. The summed E-state index contributed by atoms with van der Waals surface area (Å²) in [7, 11) is -4.44. The average molecular weight is 268 g/mol. The van der Waals surface area contributed by atoms with Crippen molar-refractivity contribution in [2.75, 3.05) is 5.73 Å². The molecule has 0 heterocycles. The van der Waals surface area contributed by atoms with Gasteiger partial charge in [-0.15, -0.1) is 0 Å². The predicted octanol–water partition coefficient (Wildman–Crippen LogP) is 0.833. The van der Waals surface area contributed by atoms with Crippen molar-refractivity contribution in [2.45, 2.75) is 11.4 Å². The quantitative estimate of drug-likeness (QED) is 0.472. The molecule has 6 nitrogen and oxygen atoms in total. The van der Waals surface area contributed by atoms with E-state index in [1.807, 2.05) is 0 Å². The first kappa shape index (κ1) is 12.6. The van der Waals surface area contributed by atoms with Crippen LogP contribution in [0.25, 0.3) is 10.8 Å². The van der Waals surface area contributed by atoms with E-state index in [1.165, 1.54) is 12.1 Å². The summed E-state index contributed by atoms with van der Waals surface area (Å²) < 4.78 is 31.6. The van der Waals surface area contributed by atoms with Gasteiger partial charge < -0.3 is 16.6 Å². The maximum atomic E-state index is 11.2. The van der Waals surface area contributed by atoms with Crippen molar-refractivity contribution in [3.05, 3.63) is 29.8 Å². The van der Waals surface area contributed by atoms with Crippen molar-refractivity contribution >= 4 is 26.6 Å². The van der Waals surface area contributed by atoms with E-state index in [-0.39, 0.29) is 22.8 Å². The van der Waals surface area contributed by atoms with Crippen molar-refractivity contribution in [3.8, 4) is 5.75 Å². The van der Waals surface area contributed by atoms with Crippen LogP contribution in [0, 0.1) is 0 Å². The van der Waals surface area contributed by atoms with E-state index in [9.17, 15) is 13.5 Å². The van der Waals surface area contributed by atoms with E-state index in [1.54, 1.807) is 12.1 Å². The standard InChI is InChI=1S/C11H12N2O4S/c12-5-9-10(18(15,16)17)3-6-1-2-7(13)4-8(6)11(9)14/h1-4,14H,5,12-13H2,(H,15,16,17). The van der Waals surface area contributed by atoms with Gasteiger partial charge in [-0.2, -0.15) is 8.42 Å². The second kappa shape index (κ2) is 4.13. The molecule has 7 heteroatoms. The van der Waals surface area contributed by atoms with Gasteiger partial charge in [0.25, 0.3) is 10.1 Å².